The molecule has 1 saturated heterocycles. The Hall–Kier alpha value is -3.19. The van der Waals surface area contributed by atoms with E-state index in [1.165, 1.54) is 68.6 Å². The number of unbranched alkanes of at least 4 members (excludes halogenated alkanes) is 7. The fraction of sp³-hybridized carbons (Fsp3) is 0.625. The van der Waals surface area contributed by atoms with Gasteiger partial charge in [-0.25, -0.2) is 0 Å². The number of Topliss-reactive ketones (excluding diaryl/α,β-unsaturated/α-hetero) is 1. The number of ether oxygens (including phenoxy) is 2. The molecule has 4 aliphatic rings. The monoisotopic (exact) mass is 642 g/mol. The van der Waals surface area contributed by atoms with Crippen LogP contribution in [0.4, 0.5) is 0 Å². The Balaban J connectivity index is 1.07. The lowest BCUT2D eigenvalue weighted by atomic mass is 9.51. The van der Waals surface area contributed by atoms with Crippen molar-refractivity contribution in [3.63, 3.8) is 0 Å². The number of likely N-dealkylation sites (N-methyl/N-ethyl adjacent to an activating group) is 1. The van der Waals surface area contributed by atoms with Crippen LogP contribution in [0.5, 0.6) is 11.5 Å². The van der Waals surface area contributed by atoms with Gasteiger partial charge in [0.15, 0.2) is 11.5 Å². The van der Waals surface area contributed by atoms with E-state index in [4.69, 9.17) is 9.47 Å². The largest absolute Gasteiger partial charge is 0.483 e. The van der Waals surface area contributed by atoms with Crippen molar-refractivity contribution in [1.29, 1.82) is 0 Å². The Labute approximate surface area is 281 Å². The van der Waals surface area contributed by atoms with Crippen molar-refractivity contribution >= 4 is 17.7 Å². The molecule has 2 aliphatic heterocycles. The maximum atomic E-state index is 13.8. The number of ketones is 1. The first kappa shape index (κ1) is 33.7. The Bertz CT molecular complexity index is 1430. The van der Waals surface area contributed by atoms with E-state index in [0.717, 1.165) is 45.1 Å². The second-order valence-electron chi connectivity index (χ2n) is 14.5. The number of aryl methyl sites for hydroxylation is 1. The first-order chi connectivity index (χ1) is 22.8. The predicted octanol–water partition coefficient (Wildman–Crippen LogP) is 7.21. The topological polar surface area (TPSA) is 76.2 Å². The molecule has 6 rings (SSSR count). The number of amides is 1. The van der Waals surface area contributed by atoms with Crippen molar-refractivity contribution in [1.82, 2.24) is 9.80 Å². The van der Waals surface area contributed by atoms with Crippen LogP contribution in [0.1, 0.15) is 115 Å². The first-order valence-corrected chi connectivity index (χ1v) is 18.4. The van der Waals surface area contributed by atoms with E-state index in [9.17, 15) is 14.4 Å². The van der Waals surface area contributed by atoms with Gasteiger partial charge in [0.05, 0.1) is 12.6 Å². The van der Waals surface area contributed by atoms with Crippen LogP contribution in [0.2, 0.25) is 0 Å². The van der Waals surface area contributed by atoms with E-state index in [2.05, 4.69) is 53.1 Å². The van der Waals surface area contributed by atoms with Crippen molar-refractivity contribution < 1.29 is 23.9 Å². The van der Waals surface area contributed by atoms with Gasteiger partial charge in [-0.3, -0.25) is 19.3 Å². The first-order valence-electron chi connectivity index (χ1n) is 18.4. The van der Waals surface area contributed by atoms with Crippen LogP contribution in [-0.2, 0) is 32.6 Å². The molecule has 2 fully saturated rings. The maximum absolute atomic E-state index is 13.8. The summed E-state index contributed by atoms with van der Waals surface area (Å²) >= 11 is 0. The molecular formula is C40H54N2O5. The van der Waals surface area contributed by atoms with Crippen molar-refractivity contribution in [2.75, 3.05) is 19.6 Å². The minimum atomic E-state index is -0.358. The molecule has 7 heteroatoms. The number of carbonyl (C=O) groups excluding carboxylic acids is 3. The Kier molecular flexibility index (Phi) is 10.7. The molecule has 0 radical (unpaired) electrons. The molecule has 7 nitrogen and oxygen atoms in total. The molecular weight excluding hydrogens is 588 g/mol. The highest BCUT2D eigenvalue weighted by Crippen LogP contribution is 2.64. The number of hydrogen-bond donors (Lipinski definition) is 0. The van der Waals surface area contributed by atoms with Gasteiger partial charge in [-0.2, -0.15) is 0 Å². The van der Waals surface area contributed by atoms with Gasteiger partial charge in [-0.05, 0) is 88.4 Å². The van der Waals surface area contributed by atoms with Crippen LogP contribution in [0.3, 0.4) is 0 Å². The van der Waals surface area contributed by atoms with Gasteiger partial charge < -0.3 is 14.4 Å². The Morgan fingerprint density at radius 2 is 1.66 bits per heavy atom. The molecule has 1 saturated carbocycles. The van der Waals surface area contributed by atoms with Crippen LogP contribution in [0.25, 0.3) is 0 Å². The summed E-state index contributed by atoms with van der Waals surface area (Å²) in [6.45, 7) is 7.18. The molecule has 254 valence electrons. The number of nitrogens with zero attached hydrogens (tertiary/aromatic N) is 2. The summed E-state index contributed by atoms with van der Waals surface area (Å²) in [5.74, 6) is 1.62. The second-order valence-corrected chi connectivity index (χ2v) is 14.5. The normalized spacial score (nSPS) is 25.5. The summed E-state index contributed by atoms with van der Waals surface area (Å²) in [6, 6.07) is 15.0. The number of rotatable bonds is 16. The van der Waals surface area contributed by atoms with Crippen molar-refractivity contribution in [3.05, 3.63) is 59.2 Å². The van der Waals surface area contributed by atoms with E-state index in [1.54, 1.807) is 6.92 Å². The maximum Gasteiger partial charge on any atom is 0.308 e. The van der Waals surface area contributed by atoms with Crippen molar-refractivity contribution in [3.8, 4) is 11.5 Å². The lowest BCUT2D eigenvalue weighted by Crippen LogP contribution is -2.69. The van der Waals surface area contributed by atoms with E-state index in [0.29, 0.717) is 36.9 Å². The molecule has 0 aromatic heterocycles. The zero-order valence-corrected chi connectivity index (χ0v) is 28.8. The van der Waals surface area contributed by atoms with Gasteiger partial charge in [0, 0.05) is 36.9 Å². The number of piperidine rings is 1. The zero-order chi connectivity index (χ0) is 33.0. The highest BCUT2D eigenvalue weighted by atomic mass is 16.6. The SMILES string of the molecule is CCN(C(=O)CCCCCCCCCCc1ccccc1)[C@H]1CC[C@H]2[C@H]3Cc4ccc(OC(C)=O)c5c4[C@@]2(CCN3CC(C)=O)[C@H]1O5. The fourth-order valence-electron chi connectivity index (χ4n) is 9.67. The second kappa shape index (κ2) is 14.9. The predicted molar refractivity (Wildman–Crippen MR) is 184 cm³/mol. The van der Waals surface area contributed by atoms with Gasteiger partial charge in [0.2, 0.25) is 5.91 Å². The molecule has 2 aromatic carbocycles. The standard InChI is InChI=1S/C40H54N2O5/c1-4-42(36(45)19-15-10-8-6-5-7-9-12-16-30-17-13-11-14-18-30)33-22-21-32-34-26-31-20-23-35(46-29(3)44)38-37(31)40(32,39(33)47-38)24-25-41(34)27-28(2)43/h11,13-14,17-18,20,23,32-34,39H,4-10,12,15-16,19,21-22,24-27H2,1-3H3/t32-,33-,34+,39-,40-/m0/s1. The van der Waals surface area contributed by atoms with Crippen LogP contribution in [0, 0.1) is 5.92 Å². The molecule has 1 spiro atoms. The summed E-state index contributed by atoms with van der Waals surface area (Å²) in [5, 5.41) is 0. The molecule has 47 heavy (non-hydrogen) atoms. The molecule has 0 N–H and O–H groups in total. The summed E-state index contributed by atoms with van der Waals surface area (Å²) < 4.78 is 12.6. The average Bonchev–Trinajstić information content (AvgIpc) is 3.40. The summed E-state index contributed by atoms with van der Waals surface area (Å²) in [6.07, 6.45) is 14.8. The van der Waals surface area contributed by atoms with Crippen molar-refractivity contribution in [2.45, 2.75) is 134 Å². The lowest BCUT2D eigenvalue weighted by molar-refractivity contribution is -0.143. The number of hydrogen-bond acceptors (Lipinski definition) is 6. The summed E-state index contributed by atoms with van der Waals surface area (Å²) in [4.78, 5) is 42.6. The molecule has 5 atom stereocenters. The van der Waals surface area contributed by atoms with Gasteiger partial charge in [-0.15, -0.1) is 0 Å². The number of esters is 1. The molecule has 1 amide bonds. The minimum Gasteiger partial charge on any atom is -0.483 e. The molecule has 2 heterocycles. The third-order valence-electron chi connectivity index (χ3n) is 11.6. The number of likely N-dealkylation sites (tertiary alicyclic amines) is 1. The third kappa shape index (κ3) is 6.88. The van der Waals surface area contributed by atoms with E-state index in [1.807, 2.05) is 6.07 Å². The Morgan fingerprint density at radius 1 is 0.936 bits per heavy atom. The Morgan fingerprint density at radius 3 is 2.36 bits per heavy atom. The van der Waals surface area contributed by atoms with E-state index < -0.39 is 0 Å². The average molecular weight is 643 g/mol. The van der Waals surface area contributed by atoms with Gasteiger partial charge in [-0.1, -0.05) is 74.9 Å². The van der Waals surface area contributed by atoms with Crippen LogP contribution >= 0.6 is 0 Å². The number of benzene rings is 2. The fourth-order valence-corrected chi connectivity index (χ4v) is 9.67. The number of carbonyl (C=O) groups is 3. The quantitative estimate of drug-likeness (QED) is 0.109. The van der Waals surface area contributed by atoms with Gasteiger partial charge in [0.1, 0.15) is 11.9 Å². The van der Waals surface area contributed by atoms with Gasteiger partial charge >= 0.3 is 5.97 Å². The van der Waals surface area contributed by atoms with Crippen molar-refractivity contribution in [2.24, 2.45) is 5.92 Å². The lowest BCUT2D eigenvalue weighted by Gasteiger charge is -2.60. The summed E-state index contributed by atoms with van der Waals surface area (Å²) in [5.41, 5.74) is 3.64. The van der Waals surface area contributed by atoms with Crippen LogP contribution < -0.4 is 9.47 Å². The third-order valence-corrected chi connectivity index (χ3v) is 11.6. The molecule has 2 aliphatic carbocycles. The highest BCUT2D eigenvalue weighted by Gasteiger charge is 2.66. The van der Waals surface area contributed by atoms with E-state index in [-0.39, 0.29) is 41.3 Å². The molecule has 2 aromatic rings. The molecule has 2 bridgehead atoms. The molecule has 0 unspecified atom stereocenters. The smallest absolute Gasteiger partial charge is 0.308 e. The van der Waals surface area contributed by atoms with Gasteiger partial charge in [0.25, 0.3) is 0 Å². The summed E-state index contributed by atoms with van der Waals surface area (Å²) in [7, 11) is 0. The minimum absolute atomic E-state index is 0.0248. The van der Waals surface area contributed by atoms with Crippen LogP contribution in [-0.4, -0.2) is 65.3 Å². The van der Waals surface area contributed by atoms with E-state index >= 15 is 0 Å². The van der Waals surface area contributed by atoms with Crippen LogP contribution in [0.15, 0.2) is 42.5 Å². The highest BCUT2D eigenvalue weighted by molar-refractivity contribution is 5.78. The zero-order valence-electron chi connectivity index (χ0n) is 28.8.